The van der Waals surface area contributed by atoms with Crippen LogP contribution in [-0.4, -0.2) is 11.5 Å². The second kappa shape index (κ2) is 18.0. The number of aryl methyl sites for hydroxylation is 1. The maximum atomic E-state index is 11.0. The van der Waals surface area contributed by atoms with Gasteiger partial charge in [-0.05, 0) is 37.6 Å². The van der Waals surface area contributed by atoms with Crippen molar-refractivity contribution in [3.63, 3.8) is 0 Å². The van der Waals surface area contributed by atoms with Gasteiger partial charge in [-0.2, -0.15) is 0 Å². The van der Waals surface area contributed by atoms with Crippen LogP contribution in [-0.2, 0) is 0 Å². The smallest absolute Gasteiger partial charge is 0.269 e. The molecule has 35 heavy (non-hydrogen) atoms. The van der Waals surface area contributed by atoms with Gasteiger partial charge < -0.3 is 4.90 Å². The van der Waals surface area contributed by atoms with Crippen LogP contribution in [0.1, 0.15) is 108 Å². The summed E-state index contributed by atoms with van der Waals surface area (Å²) in [5.74, 6) is 0. The Labute approximate surface area is 214 Å². The normalized spacial score (nSPS) is 11.0. The molecular formula is C31H47N2O2. The van der Waals surface area contributed by atoms with Crippen LogP contribution in [0.3, 0.4) is 0 Å². The van der Waals surface area contributed by atoms with E-state index in [1.165, 1.54) is 95.5 Å². The molecule has 2 rings (SSSR count). The highest BCUT2D eigenvalue weighted by Crippen LogP contribution is 2.28. The van der Waals surface area contributed by atoms with E-state index < -0.39 is 0 Å². The molecule has 0 amide bonds. The van der Waals surface area contributed by atoms with Gasteiger partial charge in [0.1, 0.15) is 0 Å². The highest BCUT2D eigenvalue weighted by Gasteiger charge is 2.11. The number of nitro benzene ring substituents is 1. The van der Waals surface area contributed by atoms with Crippen LogP contribution in [0.4, 0.5) is 17.1 Å². The molecular weight excluding hydrogens is 432 g/mol. The average Bonchev–Trinajstić information content (AvgIpc) is 2.87. The number of unbranched alkanes of at least 4 members (excludes halogenated alkanes) is 15. The predicted octanol–water partition coefficient (Wildman–Crippen LogP) is 10.1. The fraction of sp³-hybridized carbons (Fsp3) is 0.581. The van der Waals surface area contributed by atoms with E-state index in [1.807, 2.05) is 12.1 Å². The molecule has 2 aromatic rings. The van der Waals surface area contributed by atoms with Gasteiger partial charge in [0.05, 0.1) is 4.92 Å². The number of rotatable bonds is 20. The zero-order chi connectivity index (χ0) is 25.1. The lowest BCUT2D eigenvalue weighted by atomic mass is 10.0. The highest BCUT2D eigenvalue weighted by atomic mass is 16.6. The van der Waals surface area contributed by atoms with Gasteiger partial charge in [-0.3, -0.25) is 10.1 Å². The Morgan fingerprint density at radius 2 is 1.00 bits per heavy atom. The van der Waals surface area contributed by atoms with Gasteiger partial charge in [-0.1, -0.05) is 121 Å². The Bertz CT molecular complexity index is 802. The lowest BCUT2D eigenvalue weighted by Gasteiger charge is -2.25. The predicted molar refractivity (Wildman–Crippen MR) is 151 cm³/mol. The molecule has 4 nitrogen and oxygen atoms in total. The van der Waals surface area contributed by atoms with Crippen molar-refractivity contribution in [1.82, 2.24) is 0 Å². The summed E-state index contributed by atoms with van der Waals surface area (Å²) in [7, 11) is 0. The molecule has 0 unspecified atom stereocenters. The summed E-state index contributed by atoms with van der Waals surface area (Å²) in [5, 5.41) is 11.0. The van der Waals surface area contributed by atoms with Gasteiger partial charge in [0.25, 0.3) is 5.69 Å². The standard InChI is InChI=1S/C31H47N2O2/c1-3-4-5-6-7-8-9-10-11-12-13-14-15-16-17-18-27-32(29-21-19-28(2)20-22-29)30-23-25-31(26-24-30)33(34)35/h19-26H,1,3-18,27H2,2H3. The summed E-state index contributed by atoms with van der Waals surface area (Å²) >= 11 is 0. The maximum Gasteiger partial charge on any atom is 0.269 e. The molecule has 0 aliphatic heterocycles. The maximum absolute atomic E-state index is 11.0. The van der Waals surface area contributed by atoms with Crippen molar-refractivity contribution in [1.29, 1.82) is 0 Å². The van der Waals surface area contributed by atoms with Gasteiger partial charge in [0.2, 0.25) is 0 Å². The summed E-state index contributed by atoms with van der Waals surface area (Å²) in [5.41, 5.74) is 3.52. The number of nitro groups is 1. The summed E-state index contributed by atoms with van der Waals surface area (Å²) in [6.07, 6.45) is 21.3. The number of nitrogens with zero attached hydrogens (tertiary/aromatic N) is 2. The molecule has 1 radical (unpaired) electrons. The molecule has 0 aromatic heterocycles. The molecule has 0 spiro atoms. The summed E-state index contributed by atoms with van der Waals surface area (Å²) in [6, 6.07) is 15.5. The first-order chi connectivity index (χ1) is 17.1. The van der Waals surface area contributed by atoms with E-state index >= 15 is 0 Å². The van der Waals surface area contributed by atoms with Crippen molar-refractivity contribution in [3.8, 4) is 0 Å². The summed E-state index contributed by atoms with van der Waals surface area (Å²) in [6.45, 7) is 6.93. The van der Waals surface area contributed by atoms with Crippen LogP contribution < -0.4 is 4.90 Å². The van der Waals surface area contributed by atoms with Crippen LogP contribution in [0.15, 0.2) is 48.5 Å². The van der Waals surface area contributed by atoms with Crippen molar-refractivity contribution < 1.29 is 4.92 Å². The van der Waals surface area contributed by atoms with E-state index in [2.05, 4.69) is 43.0 Å². The van der Waals surface area contributed by atoms with E-state index in [9.17, 15) is 10.1 Å². The largest absolute Gasteiger partial charge is 0.341 e. The first-order valence-corrected chi connectivity index (χ1v) is 14.0. The fourth-order valence-corrected chi connectivity index (χ4v) is 4.63. The van der Waals surface area contributed by atoms with Crippen molar-refractivity contribution in [2.45, 2.75) is 110 Å². The zero-order valence-electron chi connectivity index (χ0n) is 22.1. The van der Waals surface area contributed by atoms with Crippen LogP contribution in [0.2, 0.25) is 0 Å². The second-order valence-electron chi connectivity index (χ2n) is 9.92. The number of non-ortho nitro benzene ring substituents is 1. The second-order valence-corrected chi connectivity index (χ2v) is 9.92. The van der Waals surface area contributed by atoms with Crippen molar-refractivity contribution >= 4 is 17.1 Å². The van der Waals surface area contributed by atoms with E-state index in [1.54, 1.807) is 12.1 Å². The van der Waals surface area contributed by atoms with Crippen molar-refractivity contribution in [2.24, 2.45) is 0 Å². The van der Waals surface area contributed by atoms with Crippen LogP contribution >= 0.6 is 0 Å². The van der Waals surface area contributed by atoms with Crippen LogP contribution in [0, 0.1) is 24.0 Å². The first kappa shape index (κ1) is 28.9. The number of hydrogen-bond acceptors (Lipinski definition) is 3. The van der Waals surface area contributed by atoms with Gasteiger partial charge in [0.15, 0.2) is 0 Å². The molecule has 0 saturated heterocycles. The van der Waals surface area contributed by atoms with Gasteiger partial charge >= 0.3 is 0 Å². The third-order valence-electron chi connectivity index (χ3n) is 6.85. The zero-order valence-corrected chi connectivity index (χ0v) is 22.1. The third-order valence-corrected chi connectivity index (χ3v) is 6.85. The Morgan fingerprint density at radius 3 is 1.40 bits per heavy atom. The van der Waals surface area contributed by atoms with Gasteiger partial charge in [0, 0.05) is 30.1 Å². The molecule has 0 N–H and O–H groups in total. The number of anilines is 2. The molecule has 193 valence electrons. The SMILES string of the molecule is [CH2]CCCCCCCCCCCCCCCCCN(c1ccc(C)cc1)c1ccc([N+](=O)[O-])cc1. The Morgan fingerprint density at radius 1 is 0.629 bits per heavy atom. The van der Waals surface area contributed by atoms with Gasteiger partial charge in [-0.15, -0.1) is 0 Å². The van der Waals surface area contributed by atoms with E-state index in [0.717, 1.165) is 30.8 Å². The summed E-state index contributed by atoms with van der Waals surface area (Å²) in [4.78, 5) is 13.0. The van der Waals surface area contributed by atoms with Crippen molar-refractivity contribution in [2.75, 3.05) is 11.4 Å². The van der Waals surface area contributed by atoms with E-state index in [0.29, 0.717) is 0 Å². The molecule has 0 aliphatic carbocycles. The van der Waals surface area contributed by atoms with Crippen LogP contribution in [0.25, 0.3) is 0 Å². The fourth-order valence-electron chi connectivity index (χ4n) is 4.63. The average molecular weight is 480 g/mol. The first-order valence-electron chi connectivity index (χ1n) is 14.0. The molecule has 0 bridgehead atoms. The molecule has 0 fully saturated rings. The molecule has 0 heterocycles. The molecule has 0 saturated carbocycles. The summed E-state index contributed by atoms with van der Waals surface area (Å²) < 4.78 is 0. The van der Waals surface area contributed by atoms with E-state index in [4.69, 9.17) is 0 Å². The molecule has 0 aliphatic rings. The van der Waals surface area contributed by atoms with E-state index in [-0.39, 0.29) is 10.6 Å². The molecule has 0 atom stereocenters. The minimum atomic E-state index is -0.339. The monoisotopic (exact) mass is 479 g/mol. The molecule has 4 heteroatoms. The van der Waals surface area contributed by atoms with Crippen molar-refractivity contribution in [3.05, 3.63) is 71.1 Å². The lowest BCUT2D eigenvalue weighted by Crippen LogP contribution is -2.18. The number of hydrogen-bond donors (Lipinski definition) is 0. The minimum absolute atomic E-state index is 0.137. The van der Waals surface area contributed by atoms with Gasteiger partial charge in [-0.25, -0.2) is 0 Å². The Balaban J connectivity index is 1.60. The topological polar surface area (TPSA) is 46.4 Å². The minimum Gasteiger partial charge on any atom is -0.341 e. The third kappa shape index (κ3) is 12.2. The van der Waals surface area contributed by atoms with Crippen LogP contribution in [0.5, 0.6) is 0 Å². The molecule has 2 aromatic carbocycles. The Hall–Kier alpha value is -2.36. The number of benzene rings is 2. The quantitative estimate of drug-likeness (QED) is 0.108. The Kier molecular flexibility index (Phi) is 14.8. The highest BCUT2D eigenvalue weighted by molar-refractivity contribution is 5.64. The lowest BCUT2D eigenvalue weighted by molar-refractivity contribution is -0.384.